The second-order valence-corrected chi connectivity index (χ2v) is 6.55. The molecule has 0 aliphatic rings. The lowest BCUT2D eigenvalue weighted by atomic mass is 10.0. The van der Waals surface area contributed by atoms with Crippen LogP contribution in [0.25, 0.3) is 5.69 Å². The zero-order valence-corrected chi connectivity index (χ0v) is 16.1. The fraction of sp³-hybridized carbons (Fsp3) is 0.150. The van der Waals surface area contributed by atoms with Crippen LogP contribution in [0.15, 0.2) is 54.6 Å². The minimum Gasteiger partial charge on any atom is -0.497 e. The van der Waals surface area contributed by atoms with Gasteiger partial charge in [-0.1, -0.05) is 35.9 Å². The van der Waals surface area contributed by atoms with Crippen LogP contribution in [0.2, 0.25) is 5.02 Å². The molecule has 1 atom stereocenters. The van der Waals surface area contributed by atoms with Gasteiger partial charge in [-0.15, -0.1) is 0 Å². The summed E-state index contributed by atoms with van der Waals surface area (Å²) in [5.74, 6) is -1.47. The second-order valence-electron chi connectivity index (χ2n) is 6.15. The summed E-state index contributed by atoms with van der Waals surface area (Å²) >= 11 is 6.24. The molecule has 0 bridgehead atoms. The number of ether oxygens (including phenoxy) is 1. The Morgan fingerprint density at radius 3 is 2.55 bits per heavy atom. The van der Waals surface area contributed by atoms with Gasteiger partial charge in [0.15, 0.2) is 5.69 Å². The molecule has 9 heteroatoms. The standard InChI is InChI=1S/C20H18ClN3O5/c1-29-13-7-8-14(15(21)9-13)16(11-19(26)27)22-20(28)17-10-18(25)24(23-17)12-5-3-2-4-6-12/h2-10,16,25H,11H2,1H3,(H,22,28)(H,26,27). The van der Waals surface area contributed by atoms with Crippen LogP contribution >= 0.6 is 11.6 Å². The van der Waals surface area contributed by atoms with E-state index < -0.39 is 17.9 Å². The van der Waals surface area contributed by atoms with Gasteiger partial charge in [0.25, 0.3) is 5.91 Å². The number of halogens is 1. The fourth-order valence-electron chi connectivity index (χ4n) is 2.80. The Kier molecular flexibility index (Phi) is 6.04. The van der Waals surface area contributed by atoms with E-state index in [9.17, 15) is 19.8 Å². The van der Waals surface area contributed by atoms with E-state index in [2.05, 4.69) is 10.4 Å². The number of aliphatic carboxylic acids is 1. The Morgan fingerprint density at radius 2 is 1.93 bits per heavy atom. The molecule has 1 heterocycles. The second kappa shape index (κ2) is 8.66. The number of aromatic nitrogens is 2. The van der Waals surface area contributed by atoms with E-state index >= 15 is 0 Å². The topological polar surface area (TPSA) is 114 Å². The molecule has 0 spiro atoms. The van der Waals surface area contributed by atoms with E-state index in [0.717, 1.165) is 0 Å². The molecule has 8 nitrogen and oxygen atoms in total. The maximum Gasteiger partial charge on any atom is 0.305 e. The van der Waals surface area contributed by atoms with Crippen LogP contribution in [-0.2, 0) is 4.79 Å². The monoisotopic (exact) mass is 415 g/mol. The smallest absolute Gasteiger partial charge is 0.305 e. The number of hydrogen-bond donors (Lipinski definition) is 3. The van der Waals surface area contributed by atoms with Crippen molar-refractivity contribution >= 4 is 23.5 Å². The van der Waals surface area contributed by atoms with Crippen molar-refractivity contribution in [1.82, 2.24) is 15.1 Å². The molecule has 0 aliphatic carbocycles. The highest BCUT2D eigenvalue weighted by Gasteiger charge is 2.23. The molecule has 1 aromatic heterocycles. The predicted octanol–water partition coefficient (Wildman–Crippen LogP) is 3.19. The molecule has 1 amide bonds. The predicted molar refractivity (Wildman–Crippen MR) is 106 cm³/mol. The van der Waals surface area contributed by atoms with E-state index in [1.165, 1.54) is 23.9 Å². The van der Waals surface area contributed by atoms with Crippen LogP contribution in [0, 0.1) is 0 Å². The summed E-state index contributed by atoms with van der Waals surface area (Å²) in [6.07, 6.45) is -0.386. The Balaban J connectivity index is 1.87. The molecule has 0 saturated carbocycles. The number of carbonyl (C=O) groups is 2. The summed E-state index contributed by atoms with van der Waals surface area (Å²) in [5, 5.41) is 26.3. The molecule has 0 fully saturated rings. The van der Waals surface area contributed by atoms with Crippen molar-refractivity contribution in [3.05, 3.63) is 70.9 Å². The minimum atomic E-state index is -1.11. The van der Waals surface area contributed by atoms with Crippen molar-refractivity contribution in [3.8, 4) is 17.3 Å². The van der Waals surface area contributed by atoms with Crippen LogP contribution in [-0.4, -0.2) is 39.0 Å². The zero-order valence-electron chi connectivity index (χ0n) is 15.4. The van der Waals surface area contributed by atoms with E-state index in [0.29, 0.717) is 17.0 Å². The maximum absolute atomic E-state index is 12.7. The quantitative estimate of drug-likeness (QED) is 0.546. The highest BCUT2D eigenvalue weighted by atomic mass is 35.5. The number of carbonyl (C=O) groups excluding carboxylic acids is 1. The first-order valence-electron chi connectivity index (χ1n) is 8.59. The van der Waals surface area contributed by atoms with Crippen molar-refractivity contribution in [2.75, 3.05) is 7.11 Å². The highest BCUT2D eigenvalue weighted by Crippen LogP contribution is 2.29. The third-order valence-corrected chi connectivity index (χ3v) is 4.52. The zero-order chi connectivity index (χ0) is 21.0. The van der Waals surface area contributed by atoms with Crippen LogP contribution in [0.1, 0.15) is 28.5 Å². The largest absolute Gasteiger partial charge is 0.497 e. The lowest BCUT2D eigenvalue weighted by Crippen LogP contribution is -2.30. The number of para-hydroxylation sites is 1. The number of carboxylic acids is 1. The summed E-state index contributed by atoms with van der Waals surface area (Å²) in [7, 11) is 1.48. The van der Waals surface area contributed by atoms with E-state index in [-0.39, 0.29) is 23.0 Å². The summed E-state index contributed by atoms with van der Waals surface area (Å²) in [6.45, 7) is 0. The molecule has 3 rings (SSSR count). The molecule has 2 aromatic carbocycles. The molecule has 0 aliphatic heterocycles. The van der Waals surface area contributed by atoms with Crippen molar-refractivity contribution in [2.24, 2.45) is 0 Å². The van der Waals surface area contributed by atoms with Crippen molar-refractivity contribution < 1.29 is 24.5 Å². The van der Waals surface area contributed by atoms with Gasteiger partial charge in [-0.25, -0.2) is 4.68 Å². The molecule has 0 saturated heterocycles. The van der Waals surface area contributed by atoms with E-state index in [1.54, 1.807) is 36.4 Å². The number of nitrogens with zero attached hydrogens (tertiary/aromatic N) is 2. The first-order chi connectivity index (χ1) is 13.9. The van der Waals surface area contributed by atoms with Gasteiger partial charge in [-0.2, -0.15) is 5.10 Å². The molecule has 1 unspecified atom stereocenters. The average Bonchev–Trinajstić information content (AvgIpc) is 3.09. The number of rotatable bonds is 7. The molecule has 3 N–H and O–H groups in total. The van der Waals surface area contributed by atoms with Gasteiger partial charge in [0.2, 0.25) is 5.88 Å². The van der Waals surface area contributed by atoms with Gasteiger partial charge in [-0.3, -0.25) is 9.59 Å². The summed E-state index contributed by atoms with van der Waals surface area (Å²) in [5.41, 5.74) is 0.936. The molecular formula is C20H18ClN3O5. The van der Waals surface area contributed by atoms with Crippen LogP contribution in [0.5, 0.6) is 11.6 Å². The van der Waals surface area contributed by atoms with Crippen molar-refractivity contribution in [1.29, 1.82) is 0 Å². The van der Waals surface area contributed by atoms with Gasteiger partial charge in [0, 0.05) is 11.1 Å². The van der Waals surface area contributed by atoms with Crippen LogP contribution in [0.4, 0.5) is 0 Å². The van der Waals surface area contributed by atoms with E-state index in [4.69, 9.17) is 16.3 Å². The maximum atomic E-state index is 12.7. The van der Waals surface area contributed by atoms with Crippen LogP contribution < -0.4 is 10.1 Å². The SMILES string of the molecule is COc1ccc(C(CC(=O)O)NC(=O)c2cc(O)n(-c3ccccc3)n2)c(Cl)c1. The number of nitrogens with one attached hydrogen (secondary N) is 1. The molecule has 29 heavy (non-hydrogen) atoms. The number of methoxy groups -OCH3 is 1. The lowest BCUT2D eigenvalue weighted by Gasteiger charge is -2.18. The van der Waals surface area contributed by atoms with Crippen LogP contribution in [0.3, 0.4) is 0 Å². The molecule has 3 aromatic rings. The van der Waals surface area contributed by atoms with Crippen molar-refractivity contribution in [3.63, 3.8) is 0 Å². The first-order valence-corrected chi connectivity index (χ1v) is 8.97. The van der Waals surface area contributed by atoms with E-state index in [1.807, 2.05) is 6.07 Å². The Hall–Kier alpha value is -3.52. The number of carboxylic acid groups (broad SMARTS) is 1. The first kappa shape index (κ1) is 20.2. The van der Waals surface area contributed by atoms with Crippen molar-refractivity contribution in [2.45, 2.75) is 12.5 Å². The number of aromatic hydroxyl groups is 1. The number of amides is 1. The Morgan fingerprint density at radius 1 is 1.21 bits per heavy atom. The van der Waals surface area contributed by atoms with Gasteiger partial charge in [-0.05, 0) is 29.8 Å². The summed E-state index contributed by atoms with van der Waals surface area (Å²) in [6, 6.07) is 13.8. The van der Waals surface area contributed by atoms with Gasteiger partial charge in [0.05, 0.1) is 25.3 Å². The summed E-state index contributed by atoms with van der Waals surface area (Å²) < 4.78 is 6.30. The molecule has 150 valence electrons. The number of benzene rings is 2. The molecular weight excluding hydrogens is 398 g/mol. The third kappa shape index (κ3) is 4.67. The van der Waals surface area contributed by atoms with Gasteiger partial charge in [0.1, 0.15) is 5.75 Å². The minimum absolute atomic E-state index is 0.0635. The highest BCUT2D eigenvalue weighted by molar-refractivity contribution is 6.31. The fourth-order valence-corrected chi connectivity index (χ4v) is 3.11. The third-order valence-electron chi connectivity index (χ3n) is 4.19. The Labute approximate surface area is 171 Å². The Bertz CT molecular complexity index is 1040. The van der Waals surface area contributed by atoms with Gasteiger partial charge < -0.3 is 20.3 Å². The number of hydrogen-bond acceptors (Lipinski definition) is 5. The lowest BCUT2D eigenvalue weighted by molar-refractivity contribution is -0.137. The average molecular weight is 416 g/mol. The van der Waals surface area contributed by atoms with Gasteiger partial charge >= 0.3 is 5.97 Å². The molecule has 0 radical (unpaired) electrons. The summed E-state index contributed by atoms with van der Waals surface area (Å²) in [4.78, 5) is 24.0. The normalized spacial score (nSPS) is 11.7.